The van der Waals surface area contributed by atoms with Crippen molar-refractivity contribution in [3.63, 3.8) is 0 Å². The third kappa shape index (κ3) is 2.57. The number of hydrogen-bond acceptors (Lipinski definition) is 3. The van der Waals surface area contributed by atoms with Gasteiger partial charge in [-0.25, -0.2) is 4.98 Å². The van der Waals surface area contributed by atoms with Crippen LogP contribution < -0.4 is 0 Å². The van der Waals surface area contributed by atoms with Gasteiger partial charge in [0.15, 0.2) is 11.2 Å². The lowest BCUT2D eigenvalue weighted by Crippen LogP contribution is -2.49. The quantitative estimate of drug-likeness (QED) is 0.585. The summed E-state index contributed by atoms with van der Waals surface area (Å²) in [5.41, 5.74) is -0.467. The summed E-state index contributed by atoms with van der Waals surface area (Å²) in [5, 5.41) is 23.7. The fourth-order valence-corrected chi connectivity index (χ4v) is 3.83. The summed E-state index contributed by atoms with van der Waals surface area (Å²) in [6.45, 7) is 1.62. The largest absolute Gasteiger partial charge is 0.378 e. The van der Waals surface area contributed by atoms with Crippen molar-refractivity contribution in [3.05, 3.63) is 102 Å². The minimum atomic E-state index is -1.68. The molecule has 4 heteroatoms. The summed E-state index contributed by atoms with van der Waals surface area (Å²) in [7, 11) is 1.86. The lowest BCUT2D eigenvalue weighted by atomic mass is 9.73. The van der Waals surface area contributed by atoms with Crippen molar-refractivity contribution in [2.24, 2.45) is 7.05 Å². The summed E-state index contributed by atoms with van der Waals surface area (Å²) < 4.78 is 1.84. The highest BCUT2D eigenvalue weighted by atomic mass is 16.4. The molecule has 0 fully saturated rings. The van der Waals surface area contributed by atoms with Crippen LogP contribution in [-0.4, -0.2) is 19.8 Å². The van der Waals surface area contributed by atoms with Crippen molar-refractivity contribution in [3.8, 4) is 0 Å². The second-order valence-corrected chi connectivity index (χ2v) is 7.00. The average Bonchev–Trinajstić information content (AvgIpc) is 3.06. The first-order valence-electron chi connectivity index (χ1n) is 8.94. The zero-order valence-corrected chi connectivity index (χ0v) is 15.4. The highest BCUT2D eigenvalue weighted by molar-refractivity contribution is 5.76. The van der Waals surface area contributed by atoms with E-state index in [1.54, 1.807) is 6.92 Å². The number of para-hydroxylation sites is 2. The van der Waals surface area contributed by atoms with E-state index in [4.69, 9.17) is 0 Å². The molecule has 0 saturated carbocycles. The van der Waals surface area contributed by atoms with Gasteiger partial charge >= 0.3 is 0 Å². The predicted octanol–water partition coefficient (Wildman–Crippen LogP) is 3.72. The summed E-state index contributed by atoms with van der Waals surface area (Å²) in [4.78, 5) is 4.65. The van der Waals surface area contributed by atoms with Crippen LogP contribution in [0.25, 0.3) is 11.0 Å². The molecule has 0 bridgehead atoms. The molecule has 0 aliphatic carbocycles. The van der Waals surface area contributed by atoms with Crippen LogP contribution in [0.4, 0.5) is 0 Å². The zero-order valence-electron chi connectivity index (χ0n) is 15.4. The molecule has 4 aromatic rings. The first-order valence-corrected chi connectivity index (χ1v) is 8.94. The topological polar surface area (TPSA) is 58.3 Å². The van der Waals surface area contributed by atoms with Crippen LogP contribution in [-0.2, 0) is 18.2 Å². The predicted molar refractivity (Wildman–Crippen MR) is 106 cm³/mol. The number of fused-ring (bicyclic) bond motifs is 1. The van der Waals surface area contributed by atoms with E-state index in [0.29, 0.717) is 17.0 Å². The molecular weight excluding hydrogens is 336 g/mol. The minimum Gasteiger partial charge on any atom is -0.378 e. The summed E-state index contributed by atoms with van der Waals surface area (Å²) >= 11 is 0. The Morgan fingerprint density at radius 2 is 1.22 bits per heavy atom. The molecule has 0 unspecified atom stereocenters. The fourth-order valence-electron chi connectivity index (χ4n) is 3.83. The van der Waals surface area contributed by atoms with E-state index < -0.39 is 11.2 Å². The van der Waals surface area contributed by atoms with Gasteiger partial charge in [0, 0.05) is 7.05 Å². The molecule has 0 amide bonds. The first kappa shape index (κ1) is 17.5. The average molecular weight is 358 g/mol. The third-order valence-electron chi connectivity index (χ3n) is 5.31. The molecule has 3 aromatic carbocycles. The monoisotopic (exact) mass is 358 g/mol. The van der Waals surface area contributed by atoms with Crippen molar-refractivity contribution in [2.75, 3.05) is 0 Å². The van der Waals surface area contributed by atoms with Crippen molar-refractivity contribution in [2.45, 2.75) is 18.1 Å². The molecule has 1 heterocycles. The summed E-state index contributed by atoms with van der Waals surface area (Å²) in [6.07, 6.45) is 0. The van der Waals surface area contributed by atoms with E-state index in [1.165, 1.54) is 0 Å². The SMILES string of the molecule is Cn1c([C@@](C)(O)C(O)(c2ccccc2)c2ccccc2)nc2ccccc21. The Morgan fingerprint density at radius 3 is 1.74 bits per heavy atom. The molecular formula is C23H22N2O2. The number of nitrogens with zero attached hydrogens (tertiary/aromatic N) is 2. The highest BCUT2D eigenvalue weighted by Crippen LogP contribution is 2.45. The van der Waals surface area contributed by atoms with Gasteiger partial charge in [0.25, 0.3) is 0 Å². The Balaban J connectivity index is 2.00. The van der Waals surface area contributed by atoms with Gasteiger partial charge < -0.3 is 14.8 Å². The van der Waals surface area contributed by atoms with E-state index in [2.05, 4.69) is 4.98 Å². The molecule has 0 saturated heterocycles. The summed E-state index contributed by atoms with van der Waals surface area (Å²) in [6, 6.07) is 26.2. The van der Waals surface area contributed by atoms with E-state index in [1.807, 2.05) is 96.5 Å². The molecule has 136 valence electrons. The number of hydrogen-bond donors (Lipinski definition) is 2. The van der Waals surface area contributed by atoms with Crippen LogP contribution >= 0.6 is 0 Å². The lowest BCUT2D eigenvalue weighted by molar-refractivity contribution is -0.134. The number of rotatable bonds is 4. The molecule has 1 aromatic heterocycles. The van der Waals surface area contributed by atoms with E-state index in [-0.39, 0.29) is 0 Å². The maximum Gasteiger partial charge on any atom is 0.156 e. The highest BCUT2D eigenvalue weighted by Gasteiger charge is 2.52. The van der Waals surface area contributed by atoms with Gasteiger partial charge in [-0.2, -0.15) is 0 Å². The Hall–Kier alpha value is -2.95. The standard InChI is InChI=1S/C23H22N2O2/c1-22(26,21-24-19-15-9-10-16-20(19)25(21)2)23(27,17-11-5-3-6-12-17)18-13-7-4-8-14-18/h3-16,26-27H,1-2H3/t22-/m1/s1. The Morgan fingerprint density at radius 1 is 0.741 bits per heavy atom. The molecule has 1 atom stereocenters. The normalized spacial score (nSPS) is 14.2. The molecule has 2 N–H and O–H groups in total. The minimum absolute atomic E-state index is 0.402. The van der Waals surface area contributed by atoms with Gasteiger partial charge in [0.1, 0.15) is 5.82 Å². The molecule has 4 nitrogen and oxygen atoms in total. The molecule has 0 aliphatic rings. The smallest absolute Gasteiger partial charge is 0.156 e. The Bertz CT molecular complexity index is 1030. The lowest BCUT2D eigenvalue weighted by Gasteiger charge is -2.41. The van der Waals surface area contributed by atoms with Crippen molar-refractivity contribution >= 4 is 11.0 Å². The van der Waals surface area contributed by atoms with Gasteiger partial charge in [0.2, 0.25) is 0 Å². The number of imidazole rings is 1. The second-order valence-electron chi connectivity index (χ2n) is 7.00. The van der Waals surface area contributed by atoms with Crippen molar-refractivity contribution < 1.29 is 10.2 Å². The van der Waals surface area contributed by atoms with Crippen LogP contribution in [0.2, 0.25) is 0 Å². The fraction of sp³-hybridized carbons (Fsp3) is 0.174. The number of aromatic nitrogens is 2. The maximum atomic E-state index is 12.0. The van der Waals surface area contributed by atoms with Gasteiger partial charge in [-0.05, 0) is 30.2 Å². The van der Waals surface area contributed by atoms with Gasteiger partial charge in [-0.15, -0.1) is 0 Å². The van der Waals surface area contributed by atoms with Crippen LogP contribution in [0, 0.1) is 0 Å². The van der Waals surface area contributed by atoms with Crippen LogP contribution in [0.1, 0.15) is 23.9 Å². The molecule has 0 radical (unpaired) electrons. The van der Waals surface area contributed by atoms with E-state index in [9.17, 15) is 10.2 Å². The third-order valence-corrected chi connectivity index (χ3v) is 5.31. The molecule has 27 heavy (non-hydrogen) atoms. The zero-order chi connectivity index (χ0) is 19.1. The van der Waals surface area contributed by atoms with Gasteiger partial charge in [-0.3, -0.25) is 0 Å². The van der Waals surface area contributed by atoms with Gasteiger partial charge in [0.05, 0.1) is 11.0 Å². The second kappa shape index (κ2) is 6.34. The number of aliphatic hydroxyl groups is 2. The van der Waals surface area contributed by atoms with Crippen LogP contribution in [0.3, 0.4) is 0 Å². The number of benzene rings is 3. The maximum absolute atomic E-state index is 12.0. The van der Waals surface area contributed by atoms with E-state index in [0.717, 1.165) is 11.0 Å². The molecule has 4 rings (SSSR count). The van der Waals surface area contributed by atoms with Crippen LogP contribution in [0.5, 0.6) is 0 Å². The van der Waals surface area contributed by atoms with Gasteiger partial charge in [-0.1, -0.05) is 72.8 Å². The first-order chi connectivity index (χ1) is 13.0. The number of aryl methyl sites for hydroxylation is 1. The Labute approximate surface area is 158 Å². The summed E-state index contributed by atoms with van der Waals surface area (Å²) in [5.74, 6) is 0.402. The molecule has 0 spiro atoms. The molecule has 0 aliphatic heterocycles. The Kier molecular flexibility index (Phi) is 4.10. The van der Waals surface area contributed by atoms with Crippen molar-refractivity contribution in [1.29, 1.82) is 0 Å². The van der Waals surface area contributed by atoms with E-state index >= 15 is 0 Å². The van der Waals surface area contributed by atoms with Crippen LogP contribution in [0.15, 0.2) is 84.9 Å². The van der Waals surface area contributed by atoms with Crippen molar-refractivity contribution in [1.82, 2.24) is 9.55 Å².